The van der Waals surface area contributed by atoms with Crippen molar-refractivity contribution in [1.29, 1.82) is 0 Å². The lowest BCUT2D eigenvalue weighted by molar-refractivity contribution is -0.402. The van der Waals surface area contributed by atoms with Crippen LogP contribution < -0.4 is 5.43 Å². The average Bonchev–Trinajstić information content (AvgIpc) is 3.32. The van der Waals surface area contributed by atoms with Crippen LogP contribution in [-0.2, 0) is 10.2 Å². The summed E-state index contributed by atoms with van der Waals surface area (Å²) >= 11 is 0. The first-order chi connectivity index (χ1) is 13.6. The van der Waals surface area contributed by atoms with Gasteiger partial charge in [0.05, 0.1) is 18.2 Å². The molecule has 3 aromatic rings. The number of hydrogen-bond donors (Lipinski definition) is 1. The van der Waals surface area contributed by atoms with Crippen molar-refractivity contribution in [3.63, 3.8) is 0 Å². The SMILES string of the molecule is O=C(N/N=C\c1ccc([N+](=O)[O-])o1)[C@@H]1CC1(c1ccccc1)c1ccccc1. The standard InChI is InChI=1S/C21H17N3O4/c25-20(23-22-14-17-11-12-19(28-17)24(26)27)18-13-21(18,15-7-3-1-4-8-15)16-9-5-2-6-10-16/h1-12,14,18H,13H2,(H,23,25)/b22-14-/t18-/m0/s1. The van der Waals surface area contributed by atoms with Gasteiger partial charge in [0, 0.05) is 5.41 Å². The van der Waals surface area contributed by atoms with Crippen LogP contribution in [0.15, 0.2) is 82.3 Å². The van der Waals surface area contributed by atoms with Crippen molar-refractivity contribution in [1.82, 2.24) is 5.43 Å². The highest BCUT2D eigenvalue weighted by Gasteiger charge is 2.60. The van der Waals surface area contributed by atoms with Gasteiger partial charge in [0.1, 0.15) is 4.92 Å². The molecule has 0 saturated heterocycles. The number of carbonyl (C=O) groups is 1. The van der Waals surface area contributed by atoms with Crippen LogP contribution in [0.1, 0.15) is 23.3 Å². The van der Waals surface area contributed by atoms with E-state index in [1.807, 2.05) is 60.7 Å². The summed E-state index contributed by atoms with van der Waals surface area (Å²) in [7, 11) is 0. The Morgan fingerprint density at radius 3 is 2.21 bits per heavy atom. The third-order valence-corrected chi connectivity index (χ3v) is 5.01. The van der Waals surface area contributed by atoms with Gasteiger partial charge in [-0.05, 0) is 23.6 Å². The molecule has 1 aliphatic carbocycles. The maximum absolute atomic E-state index is 12.7. The second-order valence-electron chi connectivity index (χ2n) is 6.63. The summed E-state index contributed by atoms with van der Waals surface area (Å²) in [4.78, 5) is 22.7. The Kier molecular flexibility index (Phi) is 4.49. The summed E-state index contributed by atoms with van der Waals surface area (Å²) in [6.45, 7) is 0. The number of hydrogen-bond acceptors (Lipinski definition) is 5. The molecule has 2 aromatic carbocycles. The number of hydrazone groups is 1. The Hall–Kier alpha value is -3.74. The molecule has 7 nitrogen and oxygen atoms in total. The minimum Gasteiger partial charge on any atom is -0.400 e. The monoisotopic (exact) mass is 375 g/mol. The molecule has 0 aliphatic heterocycles. The maximum atomic E-state index is 12.7. The van der Waals surface area contributed by atoms with Gasteiger partial charge in [-0.15, -0.1) is 0 Å². The summed E-state index contributed by atoms with van der Waals surface area (Å²) in [6, 6.07) is 22.6. The minimum atomic E-state index is -0.631. The van der Waals surface area contributed by atoms with Crippen molar-refractivity contribution >= 4 is 18.0 Å². The number of furan rings is 1. The van der Waals surface area contributed by atoms with Crippen molar-refractivity contribution in [3.8, 4) is 0 Å². The summed E-state index contributed by atoms with van der Waals surface area (Å²) in [5, 5.41) is 14.5. The smallest absolute Gasteiger partial charge is 0.400 e. The number of nitro groups is 1. The third-order valence-electron chi connectivity index (χ3n) is 5.01. The van der Waals surface area contributed by atoms with Crippen LogP contribution >= 0.6 is 0 Å². The molecule has 28 heavy (non-hydrogen) atoms. The Labute approximate surface area is 160 Å². The van der Waals surface area contributed by atoms with Gasteiger partial charge in [0.25, 0.3) is 0 Å². The van der Waals surface area contributed by atoms with E-state index < -0.39 is 4.92 Å². The van der Waals surface area contributed by atoms with E-state index in [9.17, 15) is 14.9 Å². The lowest BCUT2D eigenvalue weighted by Crippen LogP contribution is -2.25. The molecule has 1 atom stereocenters. The van der Waals surface area contributed by atoms with Gasteiger partial charge in [-0.1, -0.05) is 60.7 Å². The van der Waals surface area contributed by atoms with E-state index in [2.05, 4.69) is 10.5 Å². The number of rotatable bonds is 6. The fourth-order valence-corrected chi connectivity index (χ4v) is 3.60. The zero-order chi connectivity index (χ0) is 19.6. The number of carbonyl (C=O) groups excluding carboxylic acids is 1. The van der Waals surface area contributed by atoms with Crippen LogP contribution in [0.5, 0.6) is 0 Å². The number of amides is 1. The molecular weight excluding hydrogens is 358 g/mol. The van der Waals surface area contributed by atoms with Crippen LogP contribution in [0, 0.1) is 16.0 Å². The van der Waals surface area contributed by atoms with E-state index in [0.29, 0.717) is 6.42 Å². The largest absolute Gasteiger partial charge is 0.433 e. The van der Waals surface area contributed by atoms with Crippen LogP contribution in [0.4, 0.5) is 5.88 Å². The number of nitrogens with one attached hydrogen (secondary N) is 1. The summed E-state index contributed by atoms with van der Waals surface area (Å²) in [5.41, 5.74) is 4.34. The maximum Gasteiger partial charge on any atom is 0.433 e. The van der Waals surface area contributed by atoms with Gasteiger partial charge in [-0.3, -0.25) is 14.9 Å². The zero-order valence-electron chi connectivity index (χ0n) is 14.8. The van der Waals surface area contributed by atoms with E-state index >= 15 is 0 Å². The predicted molar refractivity (Wildman–Crippen MR) is 103 cm³/mol. The fourth-order valence-electron chi connectivity index (χ4n) is 3.60. The summed E-state index contributed by atoms with van der Waals surface area (Å²) in [5.74, 6) is -0.632. The van der Waals surface area contributed by atoms with Crippen molar-refractivity contribution in [2.24, 2.45) is 11.0 Å². The highest BCUT2D eigenvalue weighted by molar-refractivity contribution is 5.87. The van der Waals surface area contributed by atoms with E-state index in [4.69, 9.17) is 4.42 Å². The number of benzene rings is 2. The highest BCUT2D eigenvalue weighted by atomic mass is 16.6. The first kappa shape index (κ1) is 17.7. The van der Waals surface area contributed by atoms with Gasteiger partial charge >= 0.3 is 5.88 Å². The van der Waals surface area contributed by atoms with Crippen LogP contribution in [0.3, 0.4) is 0 Å². The molecule has 140 valence electrons. The molecule has 0 bridgehead atoms. The van der Waals surface area contributed by atoms with E-state index in [1.54, 1.807) is 0 Å². The van der Waals surface area contributed by atoms with Gasteiger partial charge in [-0.2, -0.15) is 5.10 Å². The molecule has 4 rings (SSSR count). The van der Waals surface area contributed by atoms with Crippen molar-refractivity contribution in [3.05, 3.63) is 99.8 Å². The molecule has 1 heterocycles. The highest BCUT2D eigenvalue weighted by Crippen LogP contribution is 2.58. The first-order valence-electron chi connectivity index (χ1n) is 8.79. The van der Waals surface area contributed by atoms with Gasteiger partial charge in [0.2, 0.25) is 5.91 Å². The van der Waals surface area contributed by atoms with Crippen molar-refractivity contribution in [2.75, 3.05) is 0 Å². The van der Waals surface area contributed by atoms with E-state index in [1.165, 1.54) is 18.3 Å². The molecule has 0 radical (unpaired) electrons. The molecular formula is C21H17N3O4. The molecule has 1 saturated carbocycles. The van der Waals surface area contributed by atoms with Gasteiger partial charge < -0.3 is 4.42 Å². The van der Waals surface area contributed by atoms with Crippen LogP contribution in [0.2, 0.25) is 0 Å². The topological polar surface area (TPSA) is 97.7 Å². The normalized spacial score (nSPS) is 17.4. The Bertz CT molecular complexity index is 989. The van der Waals surface area contributed by atoms with E-state index in [0.717, 1.165) is 11.1 Å². The average molecular weight is 375 g/mol. The molecule has 1 amide bonds. The number of nitrogens with zero attached hydrogens (tertiary/aromatic N) is 2. The molecule has 7 heteroatoms. The molecule has 0 spiro atoms. The second-order valence-corrected chi connectivity index (χ2v) is 6.63. The predicted octanol–water partition coefficient (Wildman–Crippen LogP) is 3.64. The fraction of sp³-hybridized carbons (Fsp3) is 0.143. The van der Waals surface area contributed by atoms with Crippen molar-refractivity contribution in [2.45, 2.75) is 11.8 Å². The molecule has 0 unspecified atom stereocenters. The molecule has 1 aliphatic rings. The first-order valence-corrected chi connectivity index (χ1v) is 8.79. The van der Waals surface area contributed by atoms with E-state index in [-0.39, 0.29) is 28.9 Å². The Balaban J connectivity index is 1.51. The quantitative estimate of drug-likeness (QED) is 0.404. The zero-order valence-corrected chi connectivity index (χ0v) is 14.8. The molecule has 1 fully saturated rings. The lowest BCUT2D eigenvalue weighted by atomic mass is 9.85. The van der Waals surface area contributed by atoms with Gasteiger partial charge in [-0.25, -0.2) is 5.43 Å². The van der Waals surface area contributed by atoms with Gasteiger partial charge in [0.15, 0.2) is 5.76 Å². The van der Waals surface area contributed by atoms with Crippen LogP contribution in [0.25, 0.3) is 0 Å². The molecule has 1 aromatic heterocycles. The second kappa shape index (κ2) is 7.11. The van der Waals surface area contributed by atoms with Crippen molar-refractivity contribution < 1.29 is 14.1 Å². The Morgan fingerprint density at radius 2 is 1.68 bits per heavy atom. The van der Waals surface area contributed by atoms with Crippen LogP contribution in [-0.4, -0.2) is 17.0 Å². The Morgan fingerprint density at radius 1 is 1.07 bits per heavy atom. The lowest BCUT2D eigenvalue weighted by Gasteiger charge is -2.18. The summed E-state index contributed by atoms with van der Waals surface area (Å²) < 4.78 is 4.98. The third kappa shape index (κ3) is 3.18. The summed E-state index contributed by atoms with van der Waals surface area (Å²) in [6.07, 6.45) is 1.94. The molecule has 1 N–H and O–H groups in total. The minimum absolute atomic E-state index is 0.195.